The van der Waals surface area contributed by atoms with E-state index in [1.807, 2.05) is 25.1 Å². The molecular weight excluding hydrogens is 326 g/mol. The Bertz CT molecular complexity index is 459. The maximum atomic E-state index is 12.6. The molecule has 0 heterocycles. The van der Waals surface area contributed by atoms with Crippen LogP contribution < -0.4 is 0 Å². The van der Waals surface area contributed by atoms with Crippen molar-refractivity contribution in [3.05, 3.63) is 33.8 Å². The molecule has 0 radical (unpaired) electrons. The van der Waals surface area contributed by atoms with Crippen LogP contribution in [0.2, 0.25) is 0 Å². The van der Waals surface area contributed by atoms with Crippen molar-refractivity contribution < 1.29 is 4.79 Å². The van der Waals surface area contributed by atoms with Crippen molar-refractivity contribution >= 4 is 21.7 Å². The summed E-state index contributed by atoms with van der Waals surface area (Å²) in [5.74, 6) is 0.451. The number of carbonyl (C=O) groups excluding carboxylic acids is 1. The minimum Gasteiger partial charge on any atom is -0.306 e. The van der Waals surface area contributed by atoms with Gasteiger partial charge in [0.05, 0.1) is 0 Å². The molecule has 0 amide bonds. The molecule has 0 saturated carbocycles. The molecule has 0 N–H and O–H groups in total. The van der Waals surface area contributed by atoms with Gasteiger partial charge >= 0.3 is 0 Å². The van der Waals surface area contributed by atoms with Crippen molar-refractivity contribution in [1.29, 1.82) is 0 Å². The van der Waals surface area contributed by atoms with Crippen molar-refractivity contribution in [1.82, 2.24) is 4.90 Å². The largest absolute Gasteiger partial charge is 0.306 e. The van der Waals surface area contributed by atoms with Gasteiger partial charge in [-0.05, 0) is 70.4 Å². The summed E-state index contributed by atoms with van der Waals surface area (Å²) in [6.45, 7) is 8.56. The quantitative estimate of drug-likeness (QED) is 0.576. The fraction of sp³-hybridized carbons (Fsp3) is 0.611. The molecule has 0 aromatic heterocycles. The van der Waals surface area contributed by atoms with Crippen molar-refractivity contribution in [2.24, 2.45) is 5.92 Å². The van der Waals surface area contributed by atoms with Gasteiger partial charge in [-0.2, -0.15) is 0 Å². The van der Waals surface area contributed by atoms with Gasteiger partial charge in [0.15, 0.2) is 5.78 Å². The highest BCUT2D eigenvalue weighted by molar-refractivity contribution is 9.10. The second-order valence-corrected chi connectivity index (χ2v) is 6.73. The Morgan fingerprint density at radius 1 is 1.29 bits per heavy atom. The Labute approximate surface area is 138 Å². The fourth-order valence-electron chi connectivity index (χ4n) is 2.66. The Morgan fingerprint density at radius 2 is 2.00 bits per heavy atom. The Morgan fingerprint density at radius 3 is 2.57 bits per heavy atom. The number of rotatable bonds is 9. The first kappa shape index (κ1) is 18.4. The van der Waals surface area contributed by atoms with Gasteiger partial charge in [0.1, 0.15) is 0 Å². The number of hydrogen-bond donors (Lipinski definition) is 0. The van der Waals surface area contributed by atoms with E-state index in [4.69, 9.17) is 0 Å². The number of halogens is 1. The van der Waals surface area contributed by atoms with E-state index in [9.17, 15) is 4.79 Å². The van der Waals surface area contributed by atoms with Crippen LogP contribution in [0.25, 0.3) is 0 Å². The van der Waals surface area contributed by atoms with E-state index >= 15 is 0 Å². The maximum absolute atomic E-state index is 12.6. The smallest absolute Gasteiger partial charge is 0.165 e. The summed E-state index contributed by atoms with van der Waals surface area (Å²) in [7, 11) is 2.16. The van der Waals surface area contributed by atoms with Crippen LogP contribution in [-0.4, -0.2) is 30.8 Å². The highest BCUT2D eigenvalue weighted by atomic mass is 79.9. The van der Waals surface area contributed by atoms with Crippen LogP contribution in [0.5, 0.6) is 0 Å². The lowest BCUT2D eigenvalue weighted by atomic mass is 9.90. The molecule has 3 heteroatoms. The molecule has 1 atom stereocenters. The first-order valence-electron chi connectivity index (χ1n) is 7.98. The van der Waals surface area contributed by atoms with E-state index in [0.29, 0.717) is 5.78 Å². The van der Waals surface area contributed by atoms with Crippen LogP contribution in [0.15, 0.2) is 22.7 Å². The molecule has 1 rings (SSSR count). The van der Waals surface area contributed by atoms with E-state index in [2.05, 4.69) is 41.7 Å². The van der Waals surface area contributed by atoms with Crippen molar-refractivity contribution in [3.63, 3.8) is 0 Å². The van der Waals surface area contributed by atoms with Crippen LogP contribution >= 0.6 is 15.9 Å². The van der Waals surface area contributed by atoms with E-state index in [0.717, 1.165) is 48.0 Å². The van der Waals surface area contributed by atoms with Gasteiger partial charge in [-0.1, -0.05) is 35.8 Å². The Balaban J connectivity index is 2.58. The number of ketones is 1. The molecule has 0 aliphatic carbocycles. The molecule has 2 nitrogen and oxygen atoms in total. The number of benzene rings is 1. The lowest BCUT2D eigenvalue weighted by molar-refractivity contribution is 0.0906. The highest BCUT2D eigenvalue weighted by Gasteiger charge is 2.18. The van der Waals surface area contributed by atoms with Crippen LogP contribution in [0.1, 0.15) is 55.5 Å². The molecule has 0 spiro atoms. The summed E-state index contributed by atoms with van der Waals surface area (Å²) in [5, 5.41) is 0. The van der Waals surface area contributed by atoms with Gasteiger partial charge in [0.2, 0.25) is 0 Å². The molecule has 1 aromatic carbocycles. The summed E-state index contributed by atoms with van der Waals surface area (Å²) >= 11 is 3.49. The Hall–Kier alpha value is -0.670. The van der Waals surface area contributed by atoms with Gasteiger partial charge in [0.25, 0.3) is 0 Å². The van der Waals surface area contributed by atoms with Crippen LogP contribution in [0.4, 0.5) is 0 Å². The Kier molecular flexibility index (Phi) is 8.20. The zero-order chi connectivity index (χ0) is 15.8. The summed E-state index contributed by atoms with van der Waals surface area (Å²) in [6, 6.07) is 5.91. The second kappa shape index (κ2) is 9.37. The number of Topliss-reactive ketones (excluding diaryl/α,β-unsaturated/α-hetero) is 1. The molecule has 0 fully saturated rings. The summed E-state index contributed by atoms with van der Waals surface area (Å²) in [6.07, 6.45) is 4.19. The average Bonchev–Trinajstić information content (AvgIpc) is 2.46. The minimum absolute atomic E-state index is 0.153. The van der Waals surface area contributed by atoms with Crippen molar-refractivity contribution in [2.75, 3.05) is 20.1 Å². The topological polar surface area (TPSA) is 20.3 Å². The van der Waals surface area contributed by atoms with Gasteiger partial charge < -0.3 is 4.90 Å². The lowest BCUT2D eigenvalue weighted by Crippen LogP contribution is -2.22. The normalized spacial score (nSPS) is 12.7. The molecule has 0 aliphatic heterocycles. The summed E-state index contributed by atoms with van der Waals surface area (Å²) in [4.78, 5) is 15.0. The maximum Gasteiger partial charge on any atom is 0.165 e. The molecule has 1 aromatic rings. The number of nitrogens with zero attached hydrogens (tertiary/aromatic N) is 1. The summed E-state index contributed by atoms with van der Waals surface area (Å²) < 4.78 is 1.06. The average molecular weight is 354 g/mol. The standard InChI is InChI=1S/C18H28BrNO/c1-5-11-20(4)12-7-8-15(6-2)18(21)16-9-10-17(19)14(3)13-16/h9-10,13,15H,5-8,11-12H2,1-4H3. The zero-order valence-corrected chi connectivity index (χ0v) is 15.4. The fourth-order valence-corrected chi connectivity index (χ4v) is 2.90. The first-order valence-corrected chi connectivity index (χ1v) is 8.77. The number of aryl methyl sites for hydroxylation is 1. The van der Waals surface area contributed by atoms with Crippen LogP contribution in [-0.2, 0) is 0 Å². The first-order chi connectivity index (χ1) is 9.99. The van der Waals surface area contributed by atoms with Gasteiger partial charge in [-0.15, -0.1) is 0 Å². The second-order valence-electron chi connectivity index (χ2n) is 5.88. The van der Waals surface area contributed by atoms with Gasteiger partial charge in [-0.25, -0.2) is 0 Å². The number of hydrogen-bond acceptors (Lipinski definition) is 2. The van der Waals surface area contributed by atoms with Crippen molar-refractivity contribution in [3.8, 4) is 0 Å². The lowest BCUT2D eigenvalue weighted by Gasteiger charge is -2.18. The third kappa shape index (κ3) is 5.91. The third-order valence-electron chi connectivity index (χ3n) is 4.00. The van der Waals surface area contributed by atoms with Gasteiger partial charge in [-0.3, -0.25) is 4.79 Å². The predicted octanol–water partition coefficient (Wildman–Crippen LogP) is 5.09. The molecule has 21 heavy (non-hydrogen) atoms. The monoisotopic (exact) mass is 353 g/mol. The predicted molar refractivity (Wildman–Crippen MR) is 94.0 cm³/mol. The SMILES string of the molecule is CCCN(C)CCCC(CC)C(=O)c1ccc(Br)c(C)c1. The van der Waals surface area contributed by atoms with Crippen LogP contribution in [0.3, 0.4) is 0 Å². The van der Waals surface area contributed by atoms with Crippen LogP contribution in [0, 0.1) is 12.8 Å². The minimum atomic E-state index is 0.153. The highest BCUT2D eigenvalue weighted by Crippen LogP contribution is 2.22. The molecule has 0 aliphatic rings. The third-order valence-corrected chi connectivity index (χ3v) is 4.89. The molecule has 0 bridgehead atoms. The van der Waals surface area contributed by atoms with Gasteiger partial charge in [0, 0.05) is 16.0 Å². The zero-order valence-electron chi connectivity index (χ0n) is 13.8. The van der Waals surface area contributed by atoms with E-state index in [-0.39, 0.29) is 5.92 Å². The van der Waals surface area contributed by atoms with E-state index < -0.39 is 0 Å². The van der Waals surface area contributed by atoms with E-state index in [1.54, 1.807) is 0 Å². The molecule has 1 unspecified atom stereocenters. The molecule has 118 valence electrons. The van der Waals surface area contributed by atoms with Crippen molar-refractivity contribution in [2.45, 2.75) is 46.5 Å². The number of carbonyl (C=O) groups is 1. The summed E-state index contributed by atoms with van der Waals surface area (Å²) in [5.41, 5.74) is 1.97. The molecule has 0 saturated heterocycles. The molecular formula is C18H28BrNO. The van der Waals surface area contributed by atoms with E-state index in [1.165, 1.54) is 6.42 Å².